The highest BCUT2D eigenvalue weighted by atomic mass is 16.9. The van der Waals surface area contributed by atoms with Gasteiger partial charge in [-0.3, -0.25) is 0 Å². The van der Waals surface area contributed by atoms with E-state index in [2.05, 4.69) is 0 Å². The van der Waals surface area contributed by atoms with Crippen LogP contribution >= 0.6 is 0 Å². The van der Waals surface area contributed by atoms with Gasteiger partial charge in [0, 0.05) is 59.4 Å². The molecule has 0 unspecified atom stereocenters. The third kappa shape index (κ3) is 8.75. The lowest BCUT2D eigenvalue weighted by molar-refractivity contribution is -0.591. The van der Waals surface area contributed by atoms with Gasteiger partial charge in [-0.15, -0.1) is 0 Å². The number of ether oxygens (including phenoxy) is 8. The van der Waals surface area contributed by atoms with Crippen molar-refractivity contribution < 1.29 is 48.1 Å². The Morgan fingerprint density at radius 3 is 0.946 bits per heavy atom. The maximum absolute atomic E-state index is 12.0. The second-order valence-electron chi connectivity index (χ2n) is 8.10. The Kier molecular flexibility index (Phi) is 17.7. The predicted octanol–water partition coefficient (Wildman–Crippen LogP) is 2.13. The van der Waals surface area contributed by atoms with Crippen LogP contribution in [-0.2, 0) is 37.9 Å². The Morgan fingerprint density at radius 2 is 0.730 bits per heavy atom. The van der Waals surface area contributed by atoms with Gasteiger partial charge >= 0.3 is 23.8 Å². The molecule has 0 saturated heterocycles. The summed E-state index contributed by atoms with van der Waals surface area (Å²) < 4.78 is 48.0. The van der Waals surface area contributed by atoms with Gasteiger partial charge in [0.05, 0.1) is 0 Å². The first-order valence-corrected chi connectivity index (χ1v) is 13.5. The summed E-state index contributed by atoms with van der Waals surface area (Å²) in [6, 6.07) is 0. The molecule has 0 saturated carbocycles. The van der Waals surface area contributed by atoms with Crippen molar-refractivity contribution in [3.8, 4) is 0 Å². The molecule has 0 aromatic rings. The molecule has 0 aliphatic rings. The van der Waals surface area contributed by atoms with Gasteiger partial charge < -0.3 is 53.0 Å². The monoisotopic (exact) mass is 542 g/mol. The van der Waals surface area contributed by atoms with E-state index in [1.807, 2.05) is 19.0 Å². The lowest BCUT2D eigenvalue weighted by Crippen LogP contribution is -2.81. The largest absolute Gasteiger partial charge is 0.354 e. The van der Waals surface area contributed by atoms with Crippen molar-refractivity contribution >= 4 is 0 Å². The highest BCUT2D eigenvalue weighted by molar-refractivity contribution is 4.93. The number of nitrogens with zero attached hydrogens (tertiary/aromatic N) is 2. The van der Waals surface area contributed by atoms with E-state index in [0.717, 1.165) is 0 Å². The second-order valence-corrected chi connectivity index (χ2v) is 8.10. The summed E-state index contributed by atoms with van der Waals surface area (Å²) >= 11 is 0. The molecule has 2 N–H and O–H groups in total. The van der Waals surface area contributed by atoms with Gasteiger partial charge in [0.2, 0.25) is 0 Å². The van der Waals surface area contributed by atoms with Crippen LogP contribution in [-0.4, -0.2) is 124 Å². The molecule has 0 atom stereocenters. The summed E-state index contributed by atoms with van der Waals surface area (Å²) in [5.74, 6) is -9.33. The number of hydrogen-bond donors (Lipinski definition) is 2. The average Bonchev–Trinajstić information content (AvgIpc) is 2.82. The zero-order valence-electron chi connectivity index (χ0n) is 24.8. The summed E-state index contributed by atoms with van der Waals surface area (Å²) in [4.78, 5) is 3.42. The lowest BCUT2D eigenvalue weighted by atomic mass is 10.2. The third-order valence-electron chi connectivity index (χ3n) is 5.22. The highest BCUT2D eigenvalue weighted by Crippen LogP contribution is 2.45. The minimum absolute atomic E-state index is 0.0569. The van der Waals surface area contributed by atoms with E-state index in [-0.39, 0.29) is 59.4 Å². The van der Waals surface area contributed by atoms with E-state index >= 15 is 0 Å². The van der Waals surface area contributed by atoms with E-state index in [1.165, 1.54) is 4.90 Å². The van der Waals surface area contributed by atoms with Crippen LogP contribution in [0.2, 0.25) is 0 Å². The Labute approximate surface area is 224 Å². The normalized spacial score (nSPS) is 13.8. The zero-order valence-corrected chi connectivity index (χ0v) is 24.8. The molecule has 0 fully saturated rings. The van der Waals surface area contributed by atoms with Gasteiger partial charge in [-0.05, 0) is 82.5 Å². The first-order valence-electron chi connectivity index (χ1n) is 13.5. The first-order chi connectivity index (χ1) is 17.5. The van der Waals surface area contributed by atoms with Crippen LogP contribution in [0.1, 0.15) is 61.8 Å². The van der Waals surface area contributed by atoms with E-state index in [0.29, 0.717) is 13.0 Å². The van der Waals surface area contributed by atoms with Crippen molar-refractivity contribution in [2.24, 2.45) is 0 Å². The van der Waals surface area contributed by atoms with Crippen molar-refractivity contribution in [2.75, 3.05) is 80.0 Å². The Morgan fingerprint density at radius 1 is 0.459 bits per heavy atom. The Balaban J connectivity index is 7.67. The summed E-state index contributed by atoms with van der Waals surface area (Å²) in [7, 11) is 3.88. The molecule has 0 aromatic heterocycles. The first kappa shape index (κ1) is 36.5. The van der Waals surface area contributed by atoms with Crippen molar-refractivity contribution in [3.05, 3.63) is 0 Å². The number of rotatable bonds is 24. The maximum Gasteiger partial charge on any atom is 0.354 e. The van der Waals surface area contributed by atoms with Crippen molar-refractivity contribution in [3.63, 3.8) is 0 Å². The molecule has 0 heterocycles. The molecule has 0 bridgehead atoms. The fraction of sp³-hybridized carbons (Fsp3) is 1.00. The summed E-state index contributed by atoms with van der Waals surface area (Å²) in [6.45, 7) is 15.1. The molecule has 37 heavy (non-hydrogen) atoms. The van der Waals surface area contributed by atoms with Crippen LogP contribution in [0.4, 0.5) is 0 Å². The Hall–Kier alpha value is -0.480. The molecule has 0 rings (SSSR count). The van der Waals surface area contributed by atoms with Crippen molar-refractivity contribution in [2.45, 2.75) is 85.6 Å². The minimum atomic E-state index is -2.47. The molecule has 224 valence electrons. The van der Waals surface area contributed by atoms with Gasteiger partial charge in [0.25, 0.3) is 0 Å². The highest BCUT2D eigenvalue weighted by Gasteiger charge is 2.72. The summed E-state index contributed by atoms with van der Waals surface area (Å²) in [6.07, 6.45) is 0.513. The molecule has 0 aliphatic heterocycles. The van der Waals surface area contributed by atoms with Crippen LogP contribution in [0.5, 0.6) is 0 Å². The minimum Gasteiger partial charge on any atom is -0.338 e. The van der Waals surface area contributed by atoms with Gasteiger partial charge in [0.1, 0.15) is 0 Å². The van der Waals surface area contributed by atoms with Crippen molar-refractivity contribution in [1.29, 1.82) is 0 Å². The quantitative estimate of drug-likeness (QED) is 0.174. The van der Waals surface area contributed by atoms with Gasteiger partial charge in [-0.2, -0.15) is 4.90 Å². The van der Waals surface area contributed by atoms with E-state index in [1.54, 1.807) is 55.4 Å². The fourth-order valence-electron chi connectivity index (χ4n) is 4.15. The molecular weight excluding hydrogens is 488 g/mol. The number of hydrogen-bond acceptors (Lipinski definition) is 12. The molecule has 12 nitrogen and oxygen atoms in total. The van der Waals surface area contributed by atoms with E-state index < -0.39 is 23.8 Å². The lowest BCUT2D eigenvalue weighted by Gasteiger charge is -2.57. The molecule has 0 aliphatic carbocycles. The zero-order chi connectivity index (χ0) is 28.6. The Bertz CT molecular complexity index is 516. The second kappa shape index (κ2) is 18.0. The van der Waals surface area contributed by atoms with Crippen molar-refractivity contribution in [1.82, 2.24) is 9.80 Å². The van der Waals surface area contributed by atoms with E-state index in [9.17, 15) is 10.2 Å². The fourth-order valence-corrected chi connectivity index (χ4v) is 4.15. The topological polar surface area (TPSA) is 121 Å². The smallest absolute Gasteiger partial charge is 0.338 e. The molecule has 0 aromatic carbocycles. The number of aliphatic hydroxyl groups is 2. The summed E-state index contributed by atoms with van der Waals surface area (Å²) in [5, 5.41) is 23.9. The van der Waals surface area contributed by atoms with Crippen LogP contribution in [0, 0.1) is 0 Å². The van der Waals surface area contributed by atoms with E-state index in [4.69, 9.17) is 37.9 Å². The van der Waals surface area contributed by atoms with Crippen LogP contribution < -0.4 is 0 Å². The van der Waals surface area contributed by atoms with Crippen LogP contribution in [0.15, 0.2) is 0 Å². The molecule has 0 spiro atoms. The molecule has 0 radical (unpaired) electrons. The standard InChI is InChI=1S/C25H54N2O10/c1-11-30-22(31-12-2,24(28,34-15-5)35-16-6)27(21-19-20-26(9)10)23(32-13-3,33-14-4)25(29,36-17-7)37-18-8/h28-29H,11-21H2,1-10H3. The third-order valence-corrected chi connectivity index (χ3v) is 5.22. The van der Waals surface area contributed by atoms with Gasteiger partial charge in [-0.1, -0.05) is 0 Å². The molecule has 0 amide bonds. The van der Waals surface area contributed by atoms with Gasteiger partial charge in [-0.25, -0.2) is 0 Å². The molecule has 12 heteroatoms. The van der Waals surface area contributed by atoms with Gasteiger partial charge in [0.15, 0.2) is 0 Å². The van der Waals surface area contributed by atoms with Crippen LogP contribution in [0.25, 0.3) is 0 Å². The molecular formula is C25H54N2O10. The maximum atomic E-state index is 12.0. The van der Waals surface area contributed by atoms with Crippen LogP contribution in [0.3, 0.4) is 0 Å². The SMILES string of the molecule is CCOC(O)(OCC)C(OCC)(OCC)N(CCCN(C)C)C(OCC)(OCC)C(O)(OCC)OCC. The summed E-state index contributed by atoms with van der Waals surface area (Å²) in [5.41, 5.74) is 0. The predicted molar refractivity (Wildman–Crippen MR) is 138 cm³/mol. The average molecular weight is 543 g/mol.